The van der Waals surface area contributed by atoms with Crippen molar-refractivity contribution in [3.63, 3.8) is 0 Å². The molecule has 0 saturated heterocycles. The van der Waals surface area contributed by atoms with Gasteiger partial charge in [-0.25, -0.2) is 0 Å². The van der Waals surface area contributed by atoms with Crippen molar-refractivity contribution in [1.82, 2.24) is 10.3 Å². The molecule has 1 unspecified atom stereocenters. The number of nitrogens with one attached hydrogen (secondary N) is 1. The van der Waals surface area contributed by atoms with Crippen LogP contribution in [-0.4, -0.2) is 16.9 Å². The summed E-state index contributed by atoms with van der Waals surface area (Å²) in [6, 6.07) is 9.32. The molecule has 1 aromatic carbocycles. The van der Waals surface area contributed by atoms with Gasteiger partial charge in [0, 0.05) is 17.6 Å². The summed E-state index contributed by atoms with van der Waals surface area (Å²) in [6.07, 6.45) is 1.75. The van der Waals surface area contributed by atoms with Gasteiger partial charge in [-0.1, -0.05) is 12.1 Å². The van der Waals surface area contributed by atoms with E-state index < -0.39 is 6.04 Å². The number of primary amides is 1. The predicted octanol–water partition coefficient (Wildman–Crippen LogP) is 1.76. The van der Waals surface area contributed by atoms with Gasteiger partial charge in [0.2, 0.25) is 5.91 Å². The highest BCUT2D eigenvalue weighted by Crippen LogP contribution is 2.19. The number of pyridine rings is 1. The average molecular weight is 243 g/mol. The summed E-state index contributed by atoms with van der Waals surface area (Å²) < 4.78 is 0. The number of carbonyl (C=O) groups excluding carboxylic acids is 1. The van der Waals surface area contributed by atoms with Gasteiger partial charge in [-0.05, 0) is 37.6 Å². The third-order valence-corrected chi connectivity index (χ3v) is 2.74. The van der Waals surface area contributed by atoms with E-state index in [9.17, 15) is 4.79 Å². The van der Waals surface area contributed by atoms with Gasteiger partial charge in [0.15, 0.2) is 0 Å². The minimum atomic E-state index is -0.463. The first kappa shape index (κ1) is 12.5. The molecule has 0 spiro atoms. The van der Waals surface area contributed by atoms with Crippen LogP contribution >= 0.6 is 0 Å². The fourth-order valence-corrected chi connectivity index (χ4v) is 1.95. The molecule has 0 saturated carbocycles. The first-order chi connectivity index (χ1) is 8.58. The molecule has 2 rings (SSSR count). The van der Waals surface area contributed by atoms with Crippen molar-refractivity contribution in [2.24, 2.45) is 5.73 Å². The van der Waals surface area contributed by atoms with E-state index in [0.29, 0.717) is 0 Å². The maximum atomic E-state index is 11.5. The van der Waals surface area contributed by atoms with Crippen molar-refractivity contribution in [1.29, 1.82) is 0 Å². The number of aromatic nitrogens is 1. The lowest BCUT2D eigenvalue weighted by Gasteiger charge is -2.18. The van der Waals surface area contributed by atoms with Gasteiger partial charge in [-0.3, -0.25) is 15.1 Å². The van der Waals surface area contributed by atoms with Crippen molar-refractivity contribution in [3.8, 4) is 0 Å². The monoisotopic (exact) mass is 243 g/mol. The van der Waals surface area contributed by atoms with Crippen LogP contribution in [0.5, 0.6) is 0 Å². The molecule has 18 heavy (non-hydrogen) atoms. The van der Waals surface area contributed by atoms with E-state index in [4.69, 9.17) is 5.73 Å². The number of amides is 1. The van der Waals surface area contributed by atoms with Gasteiger partial charge in [0.05, 0.1) is 5.52 Å². The van der Waals surface area contributed by atoms with Crippen LogP contribution in [0.2, 0.25) is 0 Å². The average Bonchev–Trinajstić information content (AvgIpc) is 2.35. The van der Waals surface area contributed by atoms with E-state index in [2.05, 4.69) is 10.3 Å². The van der Waals surface area contributed by atoms with E-state index in [1.54, 1.807) is 6.20 Å². The standard InChI is InChI=1S/C14H17N3O/c1-9(2)17-13(14(15)18)11-5-6-12-10(8-11)4-3-7-16-12/h3-9,13,17H,1-2H3,(H2,15,18). The van der Waals surface area contributed by atoms with Gasteiger partial charge in [-0.15, -0.1) is 0 Å². The fourth-order valence-electron chi connectivity index (χ4n) is 1.95. The van der Waals surface area contributed by atoms with Crippen LogP contribution in [0.15, 0.2) is 36.5 Å². The molecule has 0 aliphatic rings. The van der Waals surface area contributed by atoms with Crippen LogP contribution in [0.4, 0.5) is 0 Å². The van der Waals surface area contributed by atoms with Crippen molar-refractivity contribution in [2.75, 3.05) is 0 Å². The predicted molar refractivity (Wildman–Crippen MR) is 72.0 cm³/mol. The zero-order valence-corrected chi connectivity index (χ0v) is 10.6. The van der Waals surface area contributed by atoms with Gasteiger partial charge >= 0.3 is 0 Å². The van der Waals surface area contributed by atoms with E-state index in [1.807, 2.05) is 44.2 Å². The highest BCUT2D eigenvalue weighted by Gasteiger charge is 2.18. The largest absolute Gasteiger partial charge is 0.368 e. The van der Waals surface area contributed by atoms with E-state index in [1.165, 1.54) is 0 Å². The molecule has 1 heterocycles. The molecule has 4 nitrogen and oxygen atoms in total. The molecule has 2 aromatic rings. The van der Waals surface area contributed by atoms with E-state index >= 15 is 0 Å². The van der Waals surface area contributed by atoms with E-state index in [-0.39, 0.29) is 11.9 Å². The highest BCUT2D eigenvalue weighted by molar-refractivity contribution is 5.85. The highest BCUT2D eigenvalue weighted by atomic mass is 16.1. The molecule has 1 atom stereocenters. The third-order valence-electron chi connectivity index (χ3n) is 2.74. The summed E-state index contributed by atoms with van der Waals surface area (Å²) in [5.41, 5.74) is 7.23. The van der Waals surface area contributed by atoms with Gasteiger partial charge in [0.25, 0.3) is 0 Å². The Kier molecular flexibility index (Phi) is 3.58. The van der Waals surface area contributed by atoms with Crippen LogP contribution in [0.25, 0.3) is 10.9 Å². The summed E-state index contributed by atoms with van der Waals surface area (Å²) >= 11 is 0. The number of benzene rings is 1. The molecular formula is C14H17N3O. The summed E-state index contributed by atoms with van der Waals surface area (Å²) in [5.74, 6) is -0.369. The van der Waals surface area contributed by atoms with Crippen LogP contribution in [0.1, 0.15) is 25.5 Å². The molecule has 94 valence electrons. The maximum Gasteiger partial charge on any atom is 0.239 e. The molecule has 0 aliphatic carbocycles. The van der Waals surface area contributed by atoms with Crippen LogP contribution < -0.4 is 11.1 Å². The lowest BCUT2D eigenvalue weighted by molar-refractivity contribution is -0.120. The zero-order chi connectivity index (χ0) is 13.1. The van der Waals surface area contributed by atoms with E-state index in [0.717, 1.165) is 16.5 Å². The number of carbonyl (C=O) groups is 1. The molecule has 4 heteroatoms. The Bertz CT molecular complexity index is 566. The van der Waals surface area contributed by atoms with Crippen molar-refractivity contribution >= 4 is 16.8 Å². The van der Waals surface area contributed by atoms with Crippen molar-refractivity contribution < 1.29 is 4.79 Å². The molecule has 0 radical (unpaired) electrons. The Morgan fingerprint density at radius 1 is 1.33 bits per heavy atom. The number of nitrogens with zero attached hydrogens (tertiary/aromatic N) is 1. The zero-order valence-electron chi connectivity index (χ0n) is 10.6. The molecule has 0 fully saturated rings. The topological polar surface area (TPSA) is 68.0 Å². The molecule has 1 amide bonds. The van der Waals surface area contributed by atoms with Crippen LogP contribution in [0.3, 0.4) is 0 Å². The number of fused-ring (bicyclic) bond motifs is 1. The quantitative estimate of drug-likeness (QED) is 0.859. The van der Waals surface area contributed by atoms with Crippen LogP contribution in [-0.2, 0) is 4.79 Å². The second-order valence-corrected chi connectivity index (χ2v) is 4.61. The van der Waals surface area contributed by atoms with Crippen LogP contribution in [0, 0.1) is 0 Å². The lowest BCUT2D eigenvalue weighted by atomic mass is 10.0. The maximum absolute atomic E-state index is 11.5. The second kappa shape index (κ2) is 5.14. The Morgan fingerprint density at radius 2 is 2.11 bits per heavy atom. The minimum Gasteiger partial charge on any atom is -0.368 e. The first-order valence-corrected chi connectivity index (χ1v) is 5.98. The number of nitrogens with two attached hydrogens (primary N) is 1. The molecule has 3 N–H and O–H groups in total. The molecular weight excluding hydrogens is 226 g/mol. The third kappa shape index (κ3) is 2.65. The Labute approximate surface area is 106 Å². The summed E-state index contributed by atoms with van der Waals surface area (Å²) in [4.78, 5) is 15.8. The van der Waals surface area contributed by atoms with Gasteiger partial charge < -0.3 is 5.73 Å². The molecule has 0 aliphatic heterocycles. The Morgan fingerprint density at radius 3 is 2.78 bits per heavy atom. The summed E-state index contributed by atoms with van der Waals surface area (Å²) in [7, 11) is 0. The summed E-state index contributed by atoms with van der Waals surface area (Å²) in [6.45, 7) is 3.97. The smallest absolute Gasteiger partial charge is 0.239 e. The Hall–Kier alpha value is -1.94. The first-order valence-electron chi connectivity index (χ1n) is 5.98. The molecule has 0 bridgehead atoms. The van der Waals surface area contributed by atoms with Crippen molar-refractivity contribution in [2.45, 2.75) is 25.9 Å². The van der Waals surface area contributed by atoms with Gasteiger partial charge in [0.1, 0.15) is 6.04 Å². The molecule has 1 aromatic heterocycles. The minimum absolute atomic E-state index is 0.187. The fraction of sp³-hybridized carbons (Fsp3) is 0.286. The number of hydrogen-bond donors (Lipinski definition) is 2. The lowest BCUT2D eigenvalue weighted by Crippen LogP contribution is -2.37. The van der Waals surface area contributed by atoms with Crippen molar-refractivity contribution in [3.05, 3.63) is 42.1 Å². The number of hydrogen-bond acceptors (Lipinski definition) is 3. The second-order valence-electron chi connectivity index (χ2n) is 4.61. The normalized spacial score (nSPS) is 12.8. The summed E-state index contributed by atoms with van der Waals surface area (Å²) in [5, 5.41) is 4.17. The Balaban J connectivity index is 2.41. The van der Waals surface area contributed by atoms with Gasteiger partial charge in [-0.2, -0.15) is 0 Å². The number of rotatable bonds is 4. The SMILES string of the molecule is CC(C)NC(C(N)=O)c1ccc2ncccc2c1.